The average Bonchev–Trinajstić information content (AvgIpc) is 2.99. The molecule has 0 aliphatic rings. The third kappa shape index (κ3) is 3.03. The number of nitrogens with zero attached hydrogens (tertiary/aromatic N) is 1. The Morgan fingerprint density at radius 1 is 1.37 bits per heavy atom. The van der Waals surface area contributed by atoms with Gasteiger partial charge in [0.05, 0.1) is 19.3 Å². The molecule has 0 unspecified atom stereocenters. The normalized spacial score (nSPS) is 10.7. The molecule has 0 aromatic carbocycles. The van der Waals surface area contributed by atoms with Crippen LogP contribution in [-0.2, 0) is 17.8 Å². The number of esters is 1. The largest absolute Gasteiger partial charge is 0.463 e. The van der Waals surface area contributed by atoms with Crippen LogP contribution >= 0.6 is 0 Å². The van der Waals surface area contributed by atoms with E-state index in [9.17, 15) is 4.79 Å². The van der Waals surface area contributed by atoms with E-state index in [4.69, 9.17) is 8.94 Å². The first kappa shape index (κ1) is 13.4. The van der Waals surface area contributed by atoms with Gasteiger partial charge >= 0.3 is 5.97 Å². The minimum atomic E-state index is -0.475. The summed E-state index contributed by atoms with van der Waals surface area (Å²) in [6, 6.07) is 3.34. The van der Waals surface area contributed by atoms with Crippen LogP contribution < -0.4 is 5.32 Å². The Balaban J connectivity index is 1.89. The molecule has 1 N–H and O–H groups in total. The van der Waals surface area contributed by atoms with E-state index in [0.717, 1.165) is 17.0 Å². The molecular formula is C13H16N2O4. The lowest BCUT2D eigenvalue weighted by molar-refractivity contribution is 0.0563. The maximum absolute atomic E-state index is 11.2. The molecule has 102 valence electrons. The van der Waals surface area contributed by atoms with Crippen molar-refractivity contribution < 1.29 is 18.5 Å². The fourth-order valence-corrected chi connectivity index (χ4v) is 1.75. The third-order valence-electron chi connectivity index (χ3n) is 2.83. The van der Waals surface area contributed by atoms with Crippen molar-refractivity contribution in [3.63, 3.8) is 0 Å². The molecule has 2 aromatic heterocycles. The van der Waals surface area contributed by atoms with Crippen molar-refractivity contribution in [2.24, 2.45) is 0 Å². The maximum atomic E-state index is 11.2. The van der Waals surface area contributed by atoms with Gasteiger partial charge < -0.3 is 19.0 Å². The molecule has 2 heterocycles. The van der Waals surface area contributed by atoms with Crippen molar-refractivity contribution in [2.45, 2.75) is 26.9 Å². The number of carbonyl (C=O) groups excluding carboxylic acids is 1. The molecule has 0 bridgehead atoms. The standard InChI is InChI=1S/C13H16N2O4/c1-8-11(9(2)19-15-8)7-14-6-10-4-5-12(18-10)13(16)17-3/h4-5,14H,6-7H2,1-3H3. The molecule has 2 aromatic rings. The third-order valence-corrected chi connectivity index (χ3v) is 2.83. The van der Waals surface area contributed by atoms with Gasteiger partial charge in [0.25, 0.3) is 0 Å². The molecule has 0 spiro atoms. The van der Waals surface area contributed by atoms with E-state index in [0.29, 0.717) is 18.8 Å². The summed E-state index contributed by atoms with van der Waals surface area (Å²) in [7, 11) is 1.32. The number of carbonyl (C=O) groups is 1. The summed E-state index contributed by atoms with van der Waals surface area (Å²) in [6.45, 7) is 4.92. The summed E-state index contributed by atoms with van der Waals surface area (Å²) >= 11 is 0. The SMILES string of the molecule is COC(=O)c1ccc(CNCc2c(C)noc2C)o1. The zero-order chi connectivity index (χ0) is 13.8. The molecule has 0 saturated heterocycles. The Labute approximate surface area is 110 Å². The second-order valence-electron chi connectivity index (χ2n) is 4.16. The molecule has 2 rings (SSSR count). The Kier molecular flexibility index (Phi) is 4.01. The zero-order valence-electron chi connectivity index (χ0n) is 11.1. The van der Waals surface area contributed by atoms with Crippen LogP contribution in [0.3, 0.4) is 0 Å². The lowest BCUT2D eigenvalue weighted by Gasteiger charge is -2.02. The Morgan fingerprint density at radius 3 is 2.79 bits per heavy atom. The van der Waals surface area contributed by atoms with Crippen LogP contribution in [0.2, 0.25) is 0 Å². The van der Waals surface area contributed by atoms with Gasteiger partial charge in [0.15, 0.2) is 0 Å². The molecule has 0 atom stereocenters. The minimum Gasteiger partial charge on any atom is -0.463 e. The van der Waals surface area contributed by atoms with Gasteiger partial charge in [0.1, 0.15) is 11.5 Å². The van der Waals surface area contributed by atoms with Gasteiger partial charge in [-0.15, -0.1) is 0 Å². The molecule has 0 aliphatic heterocycles. The van der Waals surface area contributed by atoms with Crippen molar-refractivity contribution in [1.29, 1.82) is 0 Å². The van der Waals surface area contributed by atoms with Crippen LogP contribution in [0.25, 0.3) is 0 Å². The zero-order valence-corrected chi connectivity index (χ0v) is 11.1. The predicted molar refractivity (Wildman–Crippen MR) is 66.6 cm³/mol. The van der Waals surface area contributed by atoms with Crippen LogP contribution in [0, 0.1) is 13.8 Å². The highest BCUT2D eigenvalue weighted by Crippen LogP contribution is 2.13. The number of ether oxygens (including phenoxy) is 1. The van der Waals surface area contributed by atoms with E-state index in [-0.39, 0.29) is 5.76 Å². The van der Waals surface area contributed by atoms with Gasteiger partial charge in [0, 0.05) is 12.1 Å². The number of nitrogens with one attached hydrogen (secondary N) is 1. The van der Waals surface area contributed by atoms with E-state index < -0.39 is 5.97 Å². The van der Waals surface area contributed by atoms with E-state index in [1.165, 1.54) is 7.11 Å². The lowest BCUT2D eigenvalue weighted by Crippen LogP contribution is -2.13. The van der Waals surface area contributed by atoms with Gasteiger partial charge in [-0.3, -0.25) is 0 Å². The smallest absolute Gasteiger partial charge is 0.373 e. The topological polar surface area (TPSA) is 77.5 Å². The van der Waals surface area contributed by atoms with Crippen LogP contribution in [0.1, 0.15) is 33.3 Å². The van der Waals surface area contributed by atoms with E-state index in [1.54, 1.807) is 12.1 Å². The molecule has 0 amide bonds. The summed E-state index contributed by atoms with van der Waals surface area (Å²) in [5.74, 6) is 1.21. The average molecular weight is 264 g/mol. The van der Waals surface area contributed by atoms with Crippen LogP contribution in [0.15, 0.2) is 21.1 Å². The number of aromatic nitrogens is 1. The highest BCUT2D eigenvalue weighted by atomic mass is 16.5. The monoisotopic (exact) mass is 264 g/mol. The Hall–Kier alpha value is -2.08. The Morgan fingerprint density at radius 2 is 2.16 bits per heavy atom. The van der Waals surface area contributed by atoms with Crippen LogP contribution in [-0.4, -0.2) is 18.2 Å². The Bertz CT molecular complexity index is 551. The molecule has 0 fully saturated rings. The van der Waals surface area contributed by atoms with E-state index in [1.807, 2.05) is 13.8 Å². The predicted octanol–water partition coefficient (Wildman–Crippen LogP) is 1.96. The van der Waals surface area contributed by atoms with Gasteiger partial charge in [0.2, 0.25) is 5.76 Å². The number of furan rings is 1. The number of aryl methyl sites for hydroxylation is 2. The number of hydrogen-bond acceptors (Lipinski definition) is 6. The fourth-order valence-electron chi connectivity index (χ4n) is 1.75. The molecular weight excluding hydrogens is 248 g/mol. The maximum Gasteiger partial charge on any atom is 0.373 e. The molecule has 0 radical (unpaired) electrons. The number of methoxy groups -OCH3 is 1. The quantitative estimate of drug-likeness (QED) is 0.832. The van der Waals surface area contributed by atoms with Crippen molar-refractivity contribution in [2.75, 3.05) is 7.11 Å². The van der Waals surface area contributed by atoms with Crippen molar-refractivity contribution in [1.82, 2.24) is 10.5 Å². The van der Waals surface area contributed by atoms with Gasteiger partial charge in [-0.2, -0.15) is 0 Å². The second kappa shape index (κ2) is 5.71. The van der Waals surface area contributed by atoms with Gasteiger partial charge in [-0.25, -0.2) is 4.79 Å². The molecule has 6 heteroatoms. The summed E-state index contributed by atoms with van der Waals surface area (Å²) in [6.07, 6.45) is 0. The van der Waals surface area contributed by atoms with E-state index >= 15 is 0 Å². The highest BCUT2D eigenvalue weighted by Gasteiger charge is 2.12. The summed E-state index contributed by atoms with van der Waals surface area (Å²) in [4.78, 5) is 11.2. The molecule has 6 nitrogen and oxygen atoms in total. The van der Waals surface area contributed by atoms with Gasteiger partial charge in [-0.05, 0) is 26.0 Å². The van der Waals surface area contributed by atoms with Crippen molar-refractivity contribution in [3.8, 4) is 0 Å². The van der Waals surface area contributed by atoms with E-state index in [2.05, 4.69) is 15.2 Å². The number of hydrogen-bond donors (Lipinski definition) is 1. The lowest BCUT2D eigenvalue weighted by atomic mass is 10.2. The molecule has 0 aliphatic carbocycles. The first-order valence-electron chi connectivity index (χ1n) is 5.91. The molecule has 0 saturated carbocycles. The summed E-state index contributed by atoms with van der Waals surface area (Å²) < 4.78 is 15.0. The van der Waals surface area contributed by atoms with Gasteiger partial charge in [-0.1, -0.05) is 5.16 Å². The summed E-state index contributed by atoms with van der Waals surface area (Å²) in [5.41, 5.74) is 1.92. The highest BCUT2D eigenvalue weighted by molar-refractivity contribution is 5.86. The van der Waals surface area contributed by atoms with Crippen molar-refractivity contribution >= 4 is 5.97 Å². The fraction of sp³-hybridized carbons (Fsp3) is 0.385. The first-order chi connectivity index (χ1) is 9.11. The first-order valence-corrected chi connectivity index (χ1v) is 5.91. The second-order valence-corrected chi connectivity index (χ2v) is 4.16. The number of rotatable bonds is 5. The summed E-state index contributed by atoms with van der Waals surface area (Å²) in [5, 5.41) is 7.09. The van der Waals surface area contributed by atoms with Crippen LogP contribution in [0.5, 0.6) is 0 Å². The van der Waals surface area contributed by atoms with Crippen molar-refractivity contribution in [3.05, 3.63) is 40.7 Å². The minimum absolute atomic E-state index is 0.205. The molecule has 19 heavy (non-hydrogen) atoms. The van der Waals surface area contributed by atoms with Crippen LogP contribution in [0.4, 0.5) is 0 Å².